The molecule has 0 radical (unpaired) electrons. The van der Waals surface area contributed by atoms with Gasteiger partial charge in [0.1, 0.15) is 5.82 Å². The molecule has 2 rings (SSSR count). The van der Waals surface area contributed by atoms with Crippen molar-refractivity contribution in [2.24, 2.45) is 11.8 Å². The predicted molar refractivity (Wildman–Crippen MR) is 88.1 cm³/mol. The summed E-state index contributed by atoms with van der Waals surface area (Å²) in [7, 11) is 0. The third-order valence-electron chi connectivity index (χ3n) is 3.83. The molecule has 1 aliphatic heterocycles. The van der Waals surface area contributed by atoms with Gasteiger partial charge in [0, 0.05) is 25.2 Å². The Morgan fingerprint density at radius 2 is 2.09 bits per heavy atom. The van der Waals surface area contributed by atoms with Crippen LogP contribution in [0.25, 0.3) is 0 Å². The van der Waals surface area contributed by atoms with Crippen LogP contribution in [0.5, 0.6) is 0 Å². The van der Waals surface area contributed by atoms with Gasteiger partial charge >= 0.3 is 6.09 Å². The fraction of sp³-hybridized carbons (Fsp3) is 0.588. The molecule has 1 aromatic rings. The van der Waals surface area contributed by atoms with Crippen LogP contribution >= 0.6 is 0 Å². The fourth-order valence-corrected chi connectivity index (χ4v) is 2.49. The number of ether oxygens (including phenoxy) is 1. The zero-order valence-corrected chi connectivity index (χ0v) is 14.0. The molecule has 6 heteroatoms. The van der Waals surface area contributed by atoms with Crippen molar-refractivity contribution in [2.45, 2.75) is 33.6 Å². The van der Waals surface area contributed by atoms with E-state index in [-0.39, 0.29) is 17.9 Å². The van der Waals surface area contributed by atoms with E-state index < -0.39 is 0 Å². The first-order chi connectivity index (χ1) is 11.0. The van der Waals surface area contributed by atoms with Gasteiger partial charge in [-0.1, -0.05) is 13.8 Å². The number of aromatic nitrogens is 1. The Hall–Kier alpha value is -2.11. The van der Waals surface area contributed by atoms with Crippen LogP contribution in [0.2, 0.25) is 0 Å². The van der Waals surface area contributed by atoms with Crippen molar-refractivity contribution in [3.63, 3.8) is 0 Å². The van der Waals surface area contributed by atoms with Crippen molar-refractivity contribution in [3.8, 4) is 0 Å². The Kier molecular flexibility index (Phi) is 5.96. The predicted octanol–water partition coefficient (Wildman–Crippen LogP) is 2.83. The summed E-state index contributed by atoms with van der Waals surface area (Å²) in [5.74, 6) is 0.780. The molecule has 23 heavy (non-hydrogen) atoms. The number of rotatable bonds is 4. The number of hydrogen-bond donors (Lipinski definition) is 1. The summed E-state index contributed by atoms with van der Waals surface area (Å²) < 4.78 is 5.22. The number of nitrogens with one attached hydrogen (secondary N) is 1. The summed E-state index contributed by atoms with van der Waals surface area (Å²) >= 11 is 0. The van der Waals surface area contributed by atoms with Crippen molar-refractivity contribution in [1.82, 2.24) is 9.88 Å². The van der Waals surface area contributed by atoms with Gasteiger partial charge in [0.25, 0.3) is 0 Å². The molecule has 0 unspecified atom stereocenters. The van der Waals surface area contributed by atoms with Crippen LogP contribution in [0.4, 0.5) is 10.6 Å². The Bertz CT molecular complexity index is 552. The molecular formula is C17H25N3O3. The molecule has 0 aliphatic carbocycles. The Morgan fingerprint density at radius 3 is 2.70 bits per heavy atom. The van der Waals surface area contributed by atoms with Gasteiger partial charge in [-0.3, -0.25) is 4.79 Å². The Labute approximate surface area is 137 Å². The summed E-state index contributed by atoms with van der Waals surface area (Å²) in [6, 6.07) is 3.73. The van der Waals surface area contributed by atoms with Gasteiger partial charge in [0.05, 0.1) is 6.61 Å². The topological polar surface area (TPSA) is 71.5 Å². The molecule has 1 saturated heterocycles. The van der Waals surface area contributed by atoms with Crippen molar-refractivity contribution >= 4 is 17.8 Å². The third kappa shape index (κ3) is 5.23. The van der Waals surface area contributed by atoms with Crippen LogP contribution < -0.4 is 5.32 Å². The third-order valence-corrected chi connectivity index (χ3v) is 3.83. The number of aryl methyl sites for hydroxylation is 1. The maximum atomic E-state index is 12.3. The van der Waals surface area contributed by atoms with E-state index in [1.165, 1.54) is 0 Å². The van der Waals surface area contributed by atoms with Gasteiger partial charge in [-0.05, 0) is 43.4 Å². The second-order valence-electron chi connectivity index (χ2n) is 6.44. The number of likely N-dealkylation sites (tertiary alicyclic amines) is 1. The van der Waals surface area contributed by atoms with Gasteiger partial charge in [0.2, 0.25) is 5.91 Å². The van der Waals surface area contributed by atoms with Gasteiger partial charge in [-0.15, -0.1) is 0 Å². The lowest BCUT2D eigenvalue weighted by atomic mass is 9.96. The number of piperidine rings is 1. The van der Waals surface area contributed by atoms with E-state index in [0.29, 0.717) is 44.3 Å². The standard InChI is InChI=1S/C17H25N3O3/c1-12(2)11-23-17(22)20-8-5-14(6-9-20)16(21)19-15-10-13(3)4-7-18-15/h4,7,10,12,14H,5-6,8-9,11H2,1-3H3,(H,18,19,21). The van der Waals surface area contributed by atoms with E-state index in [2.05, 4.69) is 10.3 Å². The summed E-state index contributed by atoms with van der Waals surface area (Å²) in [6.45, 7) is 7.50. The molecule has 0 aromatic carbocycles. The first-order valence-corrected chi connectivity index (χ1v) is 8.11. The molecule has 0 saturated carbocycles. The minimum Gasteiger partial charge on any atom is -0.449 e. The van der Waals surface area contributed by atoms with Crippen LogP contribution in [-0.2, 0) is 9.53 Å². The van der Waals surface area contributed by atoms with Gasteiger partial charge in [-0.2, -0.15) is 0 Å². The molecule has 0 atom stereocenters. The van der Waals surface area contributed by atoms with Crippen molar-refractivity contribution < 1.29 is 14.3 Å². The van der Waals surface area contributed by atoms with E-state index in [1.807, 2.05) is 32.9 Å². The van der Waals surface area contributed by atoms with Crippen LogP contribution in [0.15, 0.2) is 18.3 Å². The summed E-state index contributed by atoms with van der Waals surface area (Å²) in [4.78, 5) is 30.0. The number of nitrogens with zero attached hydrogens (tertiary/aromatic N) is 2. The van der Waals surface area contributed by atoms with E-state index in [0.717, 1.165) is 5.56 Å². The lowest BCUT2D eigenvalue weighted by Gasteiger charge is -2.30. The maximum Gasteiger partial charge on any atom is 0.409 e. The highest BCUT2D eigenvalue weighted by Crippen LogP contribution is 2.20. The highest BCUT2D eigenvalue weighted by molar-refractivity contribution is 5.91. The number of carbonyl (C=O) groups excluding carboxylic acids is 2. The molecule has 1 fully saturated rings. The van der Waals surface area contributed by atoms with Crippen molar-refractivity contribution in [2.75, 3.05) is 25.0 Å². The first-order valence-electron chi connectivity index (χ1n) is 8.11. The van der Waals surface area contributed by atoms with Crippen LogP contribution in [-0.4, -0.2) is 41.6 Å². The summed E-state index contributed by atoms with van der Waals surface area (Å²) in [5, 5.41) is 2.85. The Balaban J connectivity index is 1.79. The van der Waals surface area contributed by atoms with Gasteiger partial charge < -0.3 is 15.0 Å². The van der Waals surface area contributed by atoms with E-state index in [1.54, 1.807) is 11.1 Å². The number of hydrogen-bond acceptors (Lipinski definition) is 4. The molecule has 2 heterocycles. The zero-order chi connectivity index (χ0) is 16.8. The van der Waals surface area contributed by atoms with Crippen molar-refractivity contribution in [1.29, 1.82) is 0 Å². The summed E-state index contributed by atoms with van der Waals surface area (Å²) in [6.07, 6.45) is 2.69. The van der Waals surface area contributed by atoms with E-state index >= 15 is 0 Å². The average Bonchev–Trinajstić information content (AvgIpc) is 2.52. The first kappa shape index (κ1) is 17.2. The quantitative estimate of drug-likeness (QED) is 0.926. The SMILES string of the molecule is Cc1ccnc(NC(=O)C2CCN(C(=O)OCC(C)C)CC2)c1. The molecule has 1 aliphatic rings. The zero-order valence-electron chi connectivity index (χ0n) is 14.0. The second kappa shape index (κ2) is 7.94. The largest absolute Gasteiger partial charge is 0.449 e. The highest BCUT2D eigenvalue weighted by Gasteiger charge is 2.28. The molecular weight excluding hydrogens is 294 g/mol. The maximum absolute atomic E-state index is 12.3. The second-order valence-corrected chi connectivity index (χ2v) is 6.44. The van der Waals surface area contributed by atoms with E-state index in [9.17, 15) is 9.59 Å². The summed E-state index contributed by atoms with van der Waals surface area (Å²) in [5.41, 5.74) is 1.05. The molecule has 0 spiro atoms. The molecule has 0 bridgehead atoms. The minimum absolute atomic E-state index is 0.0294. The lowest BCUT2D eigenvalue weighted by molar-refractivity contribution is -0.121. The Morgan fingerprint density at radius 1 is 1.39 bits per heavy atom. The lowest BCUT2D eigenvalue weighted by Crippen LogP contribution is -2.42. The number of pyridine rings is 1. The highest BCUT2D eigenvalue weighted by atomic mass is 16.6. The smallest absolute Gasteiger partial charge is 0.409 e. The molecule has 1 aromatic heterocycles. The van der Waals surface area contributed by atoms with Crippen molar-refractivity contribution in [3.05, 3.63) is 23.9 Å². The molecule has 6 nitrogen and oxygen atoms in total. The number of amides is 2. The van der Waals surface area contributed by atoms with Gasteiger partial charge in [-0.25, -0.2) is 9.78 Å². The van der Waals surface area contributed by atoms with Gasteiger partial charge in [0.15, 0.2) is 0 Å². The number of carbonyl (C=O) groups is 2. The molecule has 1 N–H and O–H groups in total. The number of anilines is 1. The minimum atomic E-state index is -0.280. The normalized spacial score (nSPS) is 15.6. The van der Waals surface area contributed by atoms with Crippen LogP contribution in [0.1, 0.15) is 32.3 Å². The molecule has 126 valence electrons. The van der Waals surface area contributed by atoms with Crippen LogP contribution in [0, 0.1) is 18.8 Å². The fourth-order valence-electron chi connectivity index (χ4n) is 2.49. The monoisotopic (exact) mass is 319 g/mol. The van der Waals surface area contributed by atoms with E-state index in [4.69, 9.17) is 4.74 Å². The average molecular weight is 319 g/mol. The van der Waals surface area contributed by atoms with Crippen LogP contribution in [0.3, 0.4) is 0 Å². The molecule has 2 amide bonds.